The molecule has 1 rings (SSSR count). The van der Waals surface area contributed by atoms with Gasteiger partial charge in [0.05, 0.1) is 11.7 Å². The Hall–Kier alpha value is -1.07. The van der Waals surface area contributed by atoms with Crippen LogP contribution in [0, 0.1) is 6.92 Å². The molecule has 0 saturated heterocycles. The highest BCUT2D eigenvalue weighted by Gasteiger charge is 2.39. The van der Waals surface area contributed by atoms with Gasteiger partial charge in [-0.05, 0) is 57.1 Å². The van der Waals surface area contributed by atoms with Crippen LogP contribution in [0.2, 0.25) is 0 Å². The molecule has 0 bridgehead atoms. The number of alkyl halides is 3. The zero-order valence-corrected chi connectivity index (χ0v) is 13.3. The first-order valence-electron chi connectivity index (χ1n) is 7.13. The lowest BCUT2D eigenvalue weighted by molar-refractivity contribution is -0.137. The van der Waals surface area contributed by atoms with E-state index in [4.69, 9.17) is 0 Å². The van der Waals surface area contributed by atoms with Gasteiger partial charge in [-0.15, -0.1) is 0 Å². The second-order valence-corrected chi connectivity index (χ2v) is 5.68. The van der Waals surface area contributed by atoms with Crippen molar-refractivity contribution in [1.82, 2.24) is 4.90 Å². The maximum absolute atomic E-state index is 12.7. The van der Waals surface area contributed by atoms with Crippen molar-refractivity contribution in [2.45, 2.75) is 51.4 Å². The highest BCUT2D eigenvalue weighted by atomic mass is 19.4. The summed E-state index contributed by atoms with van der Waals surface area (Å²) in [5, 5.41) is 10.8. The highest BCUT2D eigenvalue weighted by Crippen LogP contribution is 2.38. The zero-order chi connectivity index (χ0) is 16.4. The van der Waals surface area contributed by atoms with Crippen LogP contribution in [0.5, 0.6) is 0 Å². The molecular formula is C16H24F3NO. The van der Waals surface area contributed by atoms with Crippen LogP contribution in [-0.4, -0.2) is 29.6 Å². The van der Waals surface area contributed by atoms with Gasteiger partial charge in [0.1, 0.15) is 0 Å². The molecule has 0 spiro atoms. The van der Waals surface area contributed by atoms with Crippen molar-refractivity contribution in [2.75, 3.05) is 14.1 Å². The van der Waals surface area contributed by atoms with Gasteiger partial charge in [0.2, 0.25) is 0 Å². The molecule has 1 aromatic carbocycles. The van der Waals surface area contributed by atoms with Crippen molar-refractivity contribution < 1.29 is 18.3 Å². The van der Waals surface area contributed by atoms with Gasteiger partial charge in [-0.25, -0.2) is 0 Å². The van der Waals surface area contributed by atoms with Gasteiger partial charge in [-0.1, -0.05) is 19.9 Å². The summed E-state index contributed by atoms with van der Waals surface area (Å²) >= 11 is 0. The molecule has 0 aliphatic carbocycles. The number of halogens is 3. The monoisotopic (exact) mass is 303 g/mol. The Bertz CT molecular complexity index is 479. The highest BCUT2D eigenvalue weighted by molar-refractivity contribution is 5.35. The Morgan fingerprint density at radius 3 is 2.00 bits per heavy atom. The molecule has 0 fully saturated rings. The van der Waals surface area contributed by atoms with E-state index in [9.17, 15) is 18.3 Å². The Balaban J connectivity index is 3.27. The van der Waals surface area contributed by atoms with Crippen molar-refractivity contribution in [3.63, 3.8) is 0 Å². The summed E-state index contributed by atoms with van der Waals surface area (Å²) in [5.74, 6) is 0. The number of hydrogen-bond donors (Lipinski definition) is 1. The van der Waals surface area contributed by atoms with Crippen LogP contribution in [-0.2, 0) is 6.18 Å². The zero-order valence-electron chi connectivity index (χ0n) is 13.3. The van der Waals surface area contributed by atoms with Crippen molar-refractivity contribution in [3.05, 3.63) is 34.9 Å². The molecule has 1 unspecified atom stereocenters. The lowest BCUT2D eigenvalue weighted by Gasteiger charge is -2.43. The summed E-state index contributed by atoms with van der Waals surface area (Å²) in [6.45, 7) is 5.57. The van der Waals surface area contributed by atoms with Crippen LogP contribution in [0.1, 0.15) is 49.5 Å². The molecule has 0 saturated carbocycles. The Labute approximate surface area is 124 Å². The van der Waals surface area contributed by atoms with E-state index < -0.39 is 23.4 Å². The molecule has 0 aliphatic rings. The summed E-state index contributed by atoms with van der Waals surface area (Å²) in [6, 6.07) is 3.54. The van der Waals surface area contributed by atoms with Crippen molar-refractivity contribution >= 4 is 0 Å². The number of likely N-dealkylation sites (N-methyl/N-ethyl adjacent to an activating group) is 1. The van der Waals surface area contributed by atoms with Crippen molar-refractivity contribution in [2.24, 2.45) is 0 Å². The van der Waals surface area contributed by atoms with Gasteiger partial charge in [0.25, 0.3) is 0 Å². The number of hydrogen-bond acceptors (Lipinski definition) is 2. The molecule has 120 valence electrons. The minimum absolute atomic E-state index is 0.463. The van der Waals surface area contributed by atoms with E-state index in [2.05, 4.69) is 0 Å². The summed E-state index contributed by atoms with van der Waals surface area (Å²) in [4.78, 5) is 1.95. The van der Waals surface area contributed by atoms with Crippen LogP contribution < -0.4 is 0 Å². The minimum atomic E-state index is -4.36. The second-order valence-electron chi connectivity index (χ2n) is 5.68. The van der Waals surface area contributed by atoms with Crippen LogP contribution in [0.25, 0.3) is 0 Å². The van der Waals surface area contributed by atoms with Crippen molar-refractivity contribution in [3.8, 4) is 0 Å². The Morgan fingerprint density at radius 1 is 1.14 bits per heavy atom. The standard InChI is InChI=1S/C16H24F3NO/c1-6-15(7-2,20(4)5)14(21)13-9-8-12(10-11(13)3)16(17,18)19/h8-10,14,21H,6-7H2,1-5H3. The normalized spacial score (nSPS) is 14.6. The molecule has 0 radical (unpaired) electrons. The third-order valence-electron chi connectivity index (χ3n) is 4.52. The van der Waals surface area contributed by atoms with Gasteiger partial charge in [0.15, 0.2) is 0 Å². The van der Waals surface area contributed by atoms with E-state index >= 15 is 0 Å². The molecule has 21 heavy (non-hydrogen) atoms. The second kappa shape index (κ2) is 6.36. The fourth-order valence-corrected chi connectivity index (χ4v) is 2.96. The lowest BCUT2D eigenvalue weighted by Crippen LogP contribution is -2.48. The molecular weight excluding hydrogens is 279 g/mol. The first-order chi connectivity index (χ1) is 9.60. The number of aryl methyl sites for hydroxylation is 1. The lowest BCUT2D eigenvalue weighted by atomic mass is 9.80. The summed E-state index contributed by atoms with van der Waals surface area (Å²) < 4.78 is 38.2. The molecule has 1 aromatic rings. The molecule has 0 amide bonds. The van der Waals surface area contributed by atoms with Gasteiger partial charge in [0, 0.05) is 5.54 Å². The third kappa shape index (κ3) is 3.40. The predicted molar refractivity (Wildman–Crippen MR) is 78.1 cm³/mol. The fraction of sp³-hybridized carbons (Fsp3) is 0.625. The van der Waals surface area contributed by atoms with E-state index in [1.54, 1.807) is 6.92 Å². The minimum Gasteiger partial charge on any atom is -0.386 e. The quantitative estimate of drug-likeness (QED) is 0.882. The van der Waals surface area contributed by atoms with E-state index in [1.807, 2.05) is 32.8 Å². The molecule has 0 heterocycles. The average Bonchev–Trinajstić information content (AvgIpc) is 2.39. The Kier molecular flexibility index (Phi) is 5.45. The first kappa shape index (κ1) is 18.0. The molecule has 0 aliphatic heterocycles. The van der Waals surface area contributed by atoms with Gasteiger partial charge < -0.3 is 10.0 Å². The van der Waals surface area contributed by atoms with Crippen LogP contribution in [0.15, 0.2) is 18.2 Å². The summed E-state index contributed by atoms with van der Waals surface area (Å²) in [5.41, 5.74) is -0.143. The van der Waals surface area contributed by atoms with Gasteiger partial charge in [-0.3, -0.25) is 0 Å². The van der Waals surface area contributed by atoms with E-state index in [-0.39, 0.29) is 0 Å². The number of rotatable bonds is 5. The largest absolute Gasteiger partial charge is 0.416 e. The van der Waals surface area contributed by atoms with Crippen LogP contribution in [0.4, 0.5) is 13.2 Å². The number of nitrogens with zero attached hydrogens (tertiary/aromatic N) is 1. The first-order valence-corrected chi connectivity index (χ1v) is 7.13. The third-order valence-corrected chi connectivity index (χ3v) is 4.52. The molecule has 2 nitrogen and oxygen atoms in total. The molecule has 0 aromatic heterocycles. The predicted octanol–water partition coefficient (Wildman–Crippen LogP) is 4.17. The topological polar surface area (TPSA) is 23.5 Å². The Morgan fingerprint density at radius 2 is 1.67 bits per heavy atom. The number of aliphatic hydroxyl groups is 1. The molecule has 1 N–H and O–H groups in total. The van der Waals surface area contributed by atoms with E-state index in [1.165, 1.54) is 6.07 Å². The van der Waals surface area contributed by atoms with E-state index in [0.29, 0.717) is 24.0 Å². The summed E-state index contributed by atoms with van der Waals surface area (Å²) in [7, 11) is 3.77. The summed E-state index contributed by atoms with van der Waals surface area (Å²) in [6.07, 6.45) is -3.77. The van der Waals surface area contributed by atoms with Crippen LogP contribution in [0.3, 0.4) is 0 Å². The SMILES string of the molecule is CCC(CC)(C(O)c1ccc(C(F)(F)F)cc1C)N(C)C. The fourth-order valence-electron chi connectivity index (χ4n) is 2.96. The maximum Gasteiger partial charge on any atom is 0.416 e. The van der Waals surface area contributed by atoms with Gasteiger partial charge >= 0.3 is 6.18 Å². The van der Waals surface area contributed by atoms with E-state index in [0.717, 1.165) is 12.1 Å². The molecule has 1 atom stereocenters. The molecule has 5 heteroatoms. The van der Waals surface area contributed by atoms with Crippen molar-refractivity contribution in [1.29, 1.82) is 0 Å². The number of benzene rings is 1. The smallest absolute Gasteiger partial charge is 0.386 e. The average molecular weight is 303 g/mol. The number of aliphatic hydroxyl groups excluding tert-OH is 1. The maximum atomic E-state index is 12.7. The van der Waals surface area contributed by atoms with Gasteiger partial charge in [-0.2, -0.15) is 13.2 Å². The van der Waals surface area contributed by atoms with Crippen LogP contribution >= 0.6 is 0 Å².